The van der Waals surface area contributed by atoms with Crippen molar-refractivity contribution in [2.24, 2.45) is 0 Å². The zero-order valence-electron chi connectivity index (χ0n) is 14.5. The first kappa shape index (κ1) is 20.7. The molecule has 0 bridgehead atoms. The Balaban J connectivity index is 2.34. The van der Waals surface area contributed by atoms with Crippen LogP contribution in [-0.4, -0.2) is 58.2 Å². The minimum absolute atomic E-state index is 0.0567. The van der Waals surface area contributed by atoms with Gasteiger partial charge in [-0.25, -0.2) is 8.42 Å². The highest BCUT2D eigenvalue weighted by molar-refractivity contribution is 7.89. The second kappa shape index (κ2) is 7.93. The lowest BCUT2D eigenvalue weighted by Crippen LogP contribution is -2.41. The molecule has 6 nitrogen and oxygen atoms in total. The molecule has 0 aliphatic carbocycles. The number of benzene rings is 1. The van der Waals surface area contributed by atoms with Gasteiger partial charge in [0.25, 0.3) is 0 Å². The van der Waals surface area contributed by atoms with Gasteiger partial charge in [-0.15, -0.1) is 0 Å². The molecule has 0 atom stereocenters. The maximum atomic E-state index is 12.8. The first-order valence-electron chi connectivity index (χ1n) is 8.03. The minimum atomic E-state index is -4.67. The SMILES string of the molecule is COCCN(CC(F)(F)F)S(=O)(=O)c1ccc(N2CCCC2=O)cc1C. The fourth-order valence-electron chi connectivity index (χ4n) is 2.83. The molecule has 1 aromatic rings. The third kappa shape index (κ3) is 4.74. The van der Waals surface area contributed by atoms with Crippen molar-refractivity contribution in [3.05, 3.63) is 23.8 Å². The summed E-state index contributed by atoms with van der Waals surface area (Å²) in [6.45, 7) is -0.124. The summed E-state index contributed by atoms with van der Waals surface area (Å²) < 4.78 is 68.9. The van der Waals surface area contributed by atoms with Crippen LogP contribution in [0.3, 0.4) is 0 Å². The Hall–Kier alpha value is -1.65. The number of hydrogen-bond donors (Lipinski definition) is 0. The van der Waals surface area contributed by atoms with Gasteiger partial charge in [0, 0.05) is 32.3 Å². The molecule has 1 amide bonds. The van der Waals surface area contributed by atoms with E-state index in [2.05, 4.69) is 0 Å². The Morgan fingerprint density at radius 2 is 2.00 bits per heavy atom. The number of rotatable bonds is 7. The minimum Gasteiger partial charge on any atom is -0.383 e. The number of anilines is 1. The van der Waals surface area contributed by atoms with Crippen LogP contribution in [-0.2, 0) is 19.6 Å². The lowest BCUT2D eigenvalue weighted by molar-refractivity contribution is -0.136. The van der Waals surface area contributed by atoms with E-state index >= 15 is 0 Å². The van der Waals surface area contributed by atoms with Gasteiger partial charge in [0.15, 0.2) is 0 Å². The molecular formula is C16H21F3N2O4S. The van der Waals surface area contributed by atoms with E-state index in [0.717, 1.165) is 0 Å². The van der Waals surface area contributed by atoms with Crippen molar-refractivity contribution in [3.8, 4) is 0 Å². The average molecular weight is 394 g/mol. The van der Waals surface area contributed by atoms with Crippen molar-refractivity contribution >= 4 is 21.6 Å². The lowest BCUT2D eigenvalue weighted by atomic mass is 10.2. The molecule has 0 aromatic heterocycles. The quantitative estimate of drug-likeness (QED) is 0.712. The Bertz CT molecular complexity index is 765. The lowest BCUT2D eigenvalue weighted by Gasteiger charge is -2.24. The van der Waals surface area contributed by atoms with Crippen molar-refractivity contribution in [3.63, 3.8) is 0 Å². The van der Waals surface area contributed by atoms with E-state index in [1.165, 1.54) is 32.2 Å². The van der Waals surface area contributed by atoms with Crippen molar-refractivity contribution in [2.75, 3.05) is 38.3 Å². The smallest absolute Gasteiger partial charge is 0.383 e. The third-order valence-corrected chi connectivity index (χ3v) is 6.07. The second-order valence-electron chi connectivity index (χ2n) is 6.05. The van der Waals surface area contributed by atoms with Gasteiger partial charge in [-0.3, -0.25) is 4.79 Å². The number of methoxy groups -OCH3 is 1. The molecule has 1 saturated heterocycles. The maximum absolute atomic E-state index is 12.8. The molecule has 1 aromatic carbocycles. The Labute approximate surface area is 150 Å². The van der Waals surface area contributed by atoms with Crippen LogP contribution in [0.2, 0.25) is 0 Å². The Kier molecular flexibility index (Phi) is 6.30. The summed E-state index contributed by atoms with van der Waals surface area (Å²) in [6.07, 6.45) is -3.53. The fraction of sp³-hybridized carbons (Fsp3) is 0.562. The van der Waals surface area contributed by atoms with E-state index < -0.39 is 29.3 Å². The van der Waals surface area contributed by atoms with Gasteiger partial charge in [0.05, 0.1) is 11.5 Å². The van der Waals surface area contributed by atoms with Gasteiger partial charge < -0.3 is 9.64 Å². The molecular weight excluding hydrogens is 373 g/mol. The van der Waals surface area contributed by atoms with Crippen molar-refractivity contribution in [2.45, 2.75) is 30.8 Å². The van der Waals surface area contributed by atoms with Crippen LogP contribution < -0.4 is 4.90 Å². The molecule has 1 fully saturated rings. The zero-order chi connectivity index (χ0) is 19.5. The number of aryl methyl sites for hydroxylation is 1. The van der Waals surface area contributed by atoms with Gasteiger partial charge in [0.1, 0.15) is 6.54 Å². The zero-order valence-corrected chi connectivity index (χ0v) is 15.4. The Morgan fingerprint density at radius 3 is 2.50 bits per heavy atom. The molecule has 146 valence electrons. The topological polar surface area (TPSA) is 66.9 Å². The summed E-state index contributed by atoms with van der Waals surface area (Å²) in [7, 11) is -3.08. The maximum Gasteiger partial charge on any atom is 0.402 e. The van der Waals surface area contributed by atoms with E-state index in [1.807, 2.05) is 0 Å². The highest BCUT2D eigenvalue weighted by atomic mass is 32.2. The van der Waals surface area contributed by atoms with Gasteiger partial charge in [-0.2, -0.15) is 17.5 Å². The highest BCUT2D eigenvalue weighted by Crippen LogP contribution is 2.29. The summed E-state index contributed by atoms with van der Waals surface area (Å²) in [5.41, 5.74) is 0.829. The summed E-state index contributed by atoms with van der Waals surface area (Å²) in [4.78, 5) is 13.1. The molecule has 1 aliphatic rings. The van der Waals surface area contributed by atoms with Crippen LogP contribution in [0.4, 0.5) is 18.9 Å². The van der Waals surface area contributed by atoms with Gasteiger partial charge in [-0.1, -0.05) is 0 Å². The van der Waals surface area contributed by atoms with Crippen LogP contribution >= 0.6 is 0 Å². The molecule has 0 N–H and O–H groups in total. The summed E-state index contributed by atoms with van der Waals surface area (Å²) in [5, 5.41) is 0. The predicted molar refractivity (Wildman–Crippen MR) is 89.5 cm³/mol. The number of alkyl halides is 3. The molecule has 10 heteroatoms. The number of carbonyl (C=O) groups is 1. The van der Waals surface area contributed by atoms with Gasteiger partial charge >= 0.3 is 6.18 Å². The van der Waals surface area contributed by atoms with Gasteiger partial charge in [0.2, 0.25) is 15.9 Å². The number of amides is 1. The van der Waals surface area contributed by atoms with E-state index in [1.54, 1.807) is 4.90 Å². The van der Waals surface area contributed by atoms with Crippen LogP contribution in [0.1, 0.15) is 18.4 Å². The third-order valence-electron chi connectivity index (χ3n) is 4.06. The van der Waals surface area contributed by atoms with Crippen molar-refractivity contribution in [1.29, 1.82) is 0 Å². The van der Waals surface area contributed by atoms with Crippen LogP contribution in [0.5, 0.6) is 0 Å². The number of carbonyl (C=O) groups excluding carboxylic acids is 1. The average Bonchev–Trinajstić information content (AvgIpc) is 2.96. The summed E-state index contributed by atoms with van der Waals surface area (Å²) >= 11 is 0. The number of sulfonamides is 1. The molecule has 2 rings (SSSR count). The highest BCUT2D eigenvalue weighted by Gasteiger charge is 2.37. The monoisotopic (exact) mass is 394 g/mol. The number of hydrogen-bond acceptors (Lipinski definition) is 4. The molecule has 0 saturated carbocycles. The first-order valence-corrected chi connectivity index (χ1v) is 9.47. The van der Waals surface area contributed by atoms with E-state index in [0.29, 0.717) is 29.4 Å². The number of halogens is 3. The van der Waals surface area contributed by atoms with Crippen LogP contribution in [0.25, 0.3) is 0 Å². The molecule has 1 heterocycles. The van der Waals surface area contributed by atoms with Crippen molar-refractivity contribution in [1.82, 2.24) is 4.31 Å². The molecule has 0 unspecified atom stereocenters. The normalized spacial score (nSPS) is 15.9. The molecule has 26 heavy (non-hydrogen) atoms. The van der Waals surface area contributed by atoms with E-state index in [-0.39, 0.29) is 23.0 Å². The largest absolute Gasteiger partial charge is 0.402 e. The summed E-state index contributed by atoms with van der Waals surface area (Å²) in [5.74, 6) is -0.0567. The fourth-order valence-corrected chi connectivity index (χ4v) is 4.44. The van der Waals surface area contributed by atoms with E-state index in [4.69, 9.17) is 4.74 Å². The van der Waals surface area contributed by atoms with Gasteiger partial charge in [-0.05, 0) is 37.1 Å². The standard InChI is InChI=1S/C16H21F3N2O4S/c1-12-10-13(21-7-3-4-15(21)22)5-6-14(12)26(23,24)20(8-9-25-2)11-16(17,18)19/h5-6,10H,3-4,7-9,11H2,1-2H3. The van der Waals surface area contributed by atoms with Crippen LogP contribution in [0.15, 0.2) is 23.1 Å². The molecule has 0 spiro atoms. The van der Waals surface area contributed by atoms with E-state index in [9.17, 15) is 26.4 Å². The molecule has 0 radical (unpaired) electrons. The summed E-state index contributed by atoms with van der Waals surface area (Å²) in [6, 6.07) is 4.21. The Morgan fingerprint density at radius 1 is 1.31 bits per heavy atom. The number of nitrogens with zero attached hydrogens (tertiary/aromatic N) is 2. The first-order chi connectivity index (χ1) is 12.1. The predicted octanol–water partition coefficient (Wildman–Crippen LogP) is 2.32. The molecule has 1 aliphatic heterocycles. The number of ether oxygens (including phenoxy) is 1. The van der Waals surface area contributed by atoms with Crippen molar-refractivity contribution < 1.29 is 31.1 Å². The second-order valence-corrected chi connectivity index (χ2v) is 7.95. The van der Waals surface area contributed by atoms with Crippen LogP contribution in [0, 0.1) is 6.92 Å².